The summed E-state index contributed by atoms with van der Waals surface area (Å²) in [6.07, 6.45) is 3.40. The molecule has 1 saturated carbocycles. The normalized spacial score (nSPS) is 18.9. The van der Waals surface area contributed by atoms with Crippen molar-refractivity contribution in [2.45, 2.75) is 30.0 Å². The number of nitrogens with one attached hydrogen (secondary N) is 1. The van der Waals surface area contributed by atoms with Crippen LogP contribution in [0.15, 0.2) is 64.4 Å². The Kier molecular flexibility index (Phi) is 5.37. The monoisotopic (exact) mass is 452 g/mol. The van der Waals surface area contributed by atoms with Gasteiger partial charge in [-0.1, -0.05) is 42.1 Å². The first kappa shape index (κ1) is 20.0. The summed E-state index contributed by atoms with van der Waals surface area (Å²) in [5, 5.41) is 6.82. The van der Waals surface area contributed by atoms with Gasteiger partial charge < -0.3 is 10.1 Å². The van der Waals surface area contributed by atoms with Gasteiger partial charge in [0.05, 0.1) is 18.7 Å². The third-order valence-corrected chi connectivity index (χ3v) is 7.24. The number of carbonyl (C=O) groups is 2. The van der Waals surface area contributed by atoms with Gasteiger partial charge in [-0.05, 0) is 29.9 Å². The molecule has 31 heavy (non-hydrogen) atoms. The number of urea groups is 1. The molecule has 0 bridgehead atoms. The Morgan fingerprint density at radius 3 is 2.81 bits per heavy atom. The molecule has 1 unspecified atom stereocenters. The number of hydrogen-bond donors (Lipinski definition) is 1. The second-order valence-electron chi connectivity index (χ2n) is 7.35. The van der Waals surface area contributed by atoms with Gasteiger partial charge in [-0.3, -0.25) is 4.90 Å². The second-order valence-corrected chi connectivity index (χ2v) is 9.21. The number of thiophene rings is 1. The molecule has 1 atom stereocenters. The van der Waals surface area contributed by atoms with E-state index in [-0.39, 0.29) is 12.1 Å². The Labute approximate surface area is 187 Å². The van der Waals surface area contributed by atoms with Crippen LogP contribution in [0.1, 0.15) is 24.4 Å². The predicted molar refractivity (Wildman–Crippen MR) is 120 cm³/mol. The molecule has 5 rings (SSSR count). The van der Waals surface area contributed by atoms with Crippen molar-refractivity contribution in [2.75, 3.05) is 12.9 Å². The van der Waals surface area contributed by atoms with E-state index in [1.807, 2.05) is 41.8 Å². The smallest absolute Gasteiger partial charge is 0.338 e. The maximum Gasteiger partial charge on any atom is 0.338 e. The zero-order valence-corrected chi connectivity index (χ0v) is 18.4. The second kappa shape index (κ2) is 8.32. The van der Waals surface area contributed by atoms with E-state index in [0.29, 0.717) is 17.0 Å². The van der Waals surface area contributed by atoms with E-state index in [9.17, 15) is 9.59 Å². The number of hydrogen-bond acceptors (Lipinski definition) is 7. The largest absolute Gasteiger partial charge is 0.466 e. The van der Waals surface area contributed by atoms with Crippen molar-refractivity contribution in [2.24, 2.45) is 0 Å². The minimum atomic E-state index is -0.557. The topological polar surface area (TPSA) is 84.4 Å². The fourth-order valence-electron chi connectivity index (χ4n) is 3.81. The summed E-state index contributed by atoms with van der Waals surface area (Å²) in [6.45, 7) is 0. The summed E-state index contributed by atoms with van der Waals surface area (Å²) in [5.41, 5.74) is 2.01. The number of benzene rings is 1. The Morgan fingerprint density at radius 1 is 1.26 bits per heavy atom. The van der Waals surface area contributed by atoms with Crippen molar-refractivity contribution in [3.8, 4) is 0 Å². The van der Waals surface area contributed by atoms with Crippen LogP contribution in [-0.2, 0) is 9.53 Å². The third-order valence-electron chi connectivity index (χ3n) is 5.40. The van der Waals surface area contributed by atoms with Crippen LogP contribution in [0.2, 0.25) is 0 Å². The van der Waals surface area contributed by atoms with Crippen molar-refractivity contribution >= 4 is 45.3 Å². The molecule has 1 aromatic carbocycles. The number of nitrogens with zero attached hydrogens (tertiary/aromatic N) is 3. The molecule has 1 fully saturated rings. The van der Waals surface area contributed by atoms with Gasteiger partial charge in [0.1, 0.15) is 16.2 Å². The molecule has 1 aliphatic carbocycles. The first-order chi connectivity index (χ1) is 15.2. The zero-order valence-electron chi connectivity index (χ0n) is 16.8. The number of fused-ring (bicyclic) bond motifs is 1. The SMILES string of the molecule is COC(=O)C1=C(CSc2ncnc3sccc23)N(C2CC2)C(=O)NC1c1ccccc1. The fraction of sp³-hybridized carbons (Fsp3) is 0.273. The number of esters is 1. The third kappa shape index (κ3) is 3.79. The van der Waals surface area contributed by atoms with Crippen LogP contribution in [0.5, 0.6) is 0 Å². The van der Waals surface area contributed by atoms with Crippen LogP contribution in [0.25, 0.3) is 10.2 Å². The molecule has 2 aromatic heterocycles. The lowest BCUT2D eigenvalue weighted by atomic mass is 9.95. The van der Waals surface area contributed by atoms with E-state index >= 15 is 0 Å². The molecule has 0 saturated heterocycles. The van der Waals surface area contributed by atoms with Crippen LogP contribution < -0.4 is 5.32 Å². The molecule has 9 heteroatoms. The summed E-state index contributed by atoms with van der Waals surface area (Å²) in [6, 6.07) is 10.9. The highest BCUT2D eigenvalue weighted by atomic mass is 32.2. The fourth-order valence-corrected chi connectivity index (χ4v) is 5.62. The van der Waals surface area contributed by atoms with E-state index in [1.165, 1.54) is 18.9 Å². The standard InChI is InChI=1S/C22H20N4O3S2/c1-29-21(27)17-16(11-31-20-15-9-10-30-19(15)23-12-24-20)26(14-7-8-14)22(28)25-18(17)13-5-3-2-4-6-13/h2-6,9-10,12,14,18H,7-8,11H2,1H3,(H,25,28). The lowest BCUT2D eigenvalue weighted by Gasteiger charge is -2.36. The number of ether oxygens (including phenoxy) is 1. The highest BCUT2D eigenvalue weighted by molar-refractivity contribution is 7.99. The van der Waals surface area contributed by atoms with Gasteiger partial charge in [-0.15, -0.1) is 11.3 Å². The van der Waals surface area contributed by atoms with Gasteiger partial charge in [0.2, 0.25) is 0 Å². The Hall–Kier alpha value is -2.91. The molecular weight excluding hydrogens is 432 g/mol. The Bertz CT molecular complexity index is 1170. The van der Waals surface area contributed by atoms with E-state index in [1.54, 1.807) is 22.6 Å². The van der Waals surface area contributed by atoms with E-state index < -0.39 is 12.0 Å². The van der Waals surface area contributed by atoms with Crippen molar-refractivity contribution in [3.63, 3.8) is 0 Å². The number of carbonyl (C=O) groups excluding carboxylic acids is 2. The first-order valence-corrected chi connectivity index (χ1v) is 11.8. The van der Waals surface area contributed by atoms with Crippen molar-refractivity contribution in [1.82, 2.24) is 20.2 Å². The molecule has 0 spiro atoms. The molecule has 158 valence electrons. The number of thioether (sulfide) groups is 1. The van der Waals surface area contributed by atoms with E-state index in [4.69, 9.17) is 4.74 Å². The molecule has 0 radical (unpaired) electrons. The Balaban J connectivity index is 1.58. The average Bonchev–Trinajstić information content (AvgIpc) is 3.52. The summed E-state index contributed by atoms with van der Waals surface area (Å²) >= 11 is 3.07. The summed E-state index contributed by atoms with van der Waals surface area (Å²) in [5.74, 6) is -0.00177. The molecule has 1 N–H and O–H groups in total. The van der Waals surface area contributed by atoms with Crippen LogP contribution in [-0.4, -0.2) is 45.8 Å². The lowest BCUT2D eigenvalue weighted by Crippen LogP contribution is -2.50. The van der Waals surface area contributed by atoms with Crippen LogP contribution in [0, 0.1) is 0 Å². The highest BCUT2D eigenvalue weighted by Gasteiger charge is 2.43. The highest BCUT2D eigenvalue weighted by Crippen LogP contribution is 2.40. The quantitative estimate of drug-likeness (QED) is 0.344. The minimum Gasteiger partial charge on any atom is -0.466 e. The molecular formula is C22H20N4O3S2. The minimum absolute atomic E-state index is 0.110. The van der Waals surface area contributed by atoms with Crippen LogP contribution in [0.3, 0.4) is 0 Å². The van der Waals surface area contributed by atoms with Crippen LogP contribution in [0.4, 0.5) is 4.79 Å². The maximum absolute atomic E-state index is 13.1. The maximum atomic E-state index is 13.1. The molecule has 3 aromatic rings. The van der Waals surface area contributed by atoms with E-state index in [0.717, 1.165) is 33.6 Å². The molecule has 7 nitrogen and oxygen atoms in total. The van der Waals surface area contributed by atoms with Crippen LogP contribution >= 0.6 is 23.1 Å². The Morgan fingerprint density at radius 2 is 2.06 bits per heavy atom. The molecule has 2 amide bonds. The number of aromatic nitrogens is 2. The van der Waals surface area contributed by atoms with Crippen molar-refractivity contribution in [1.29, 1.82) is 0 Å². The van der Waals surface area contributed by atoms with Gasteiger partial charge in [-0.2, -0.15) is 0 Å². The van der Waals surface area contributed by atoms with E-state index in [2.05, 4.69) is 15.3 Å². The number of methoxy groups -OCH3 is 1. The molecule has 3 heterocycles. The molecule has 2 aliphatic rings. The summed E-state index contributed by atoms with van der Waals surface area (Å²) < 4.78 is 5.16. The van der Waals surface area contributed by atoms with Crippen molar-refractivity contribution in [3.05, 3.63) is 64.9 Å². The van der Waals surface area contributed by atoms with Gasteiger partial charge in [0.15, 0.2) is 0 Å². The molecule has 1 aliphatic heterocycles. The van der Waals surface area contributed by atoms with Crippen molar-refractivity contribution < 1.29 is 14.3 Å². The number of amides is 2. The predicted octanol–water partition coefficient (Wildman–Crippen LogP) is 4.14. The van der Waals surface area contributed by atoms with Gasteiger partial charge in [0.25, 0.3) is 0 Å². The average molecular weight is 453 g/mol. The number of rotatable bonds is 6. The van der Waals surface area contributed by atoms with Gasteiger partial charge in [0, 0.05) is 22.9 Å². The lowest BCUT2D eigenvalue weighted by molar-refractivity contribution is -0.136. The summed E-state index contributed by atoms with van der Waals surface area (Å²) in [7, 11) is 1.37. The van der Waals surface area contributed by atoms with Gasteiger partial charge >= 0.3 is 12.0 Å². The van der Waals surface area contributed by atoms with Gasteiger partial charge in [-0.25, -0.2) is 19.6 Å². The zero-order chi connectivity index (χ0) is 21.4. The first-order valence-electron chi connectivity index (χ1n) is 9.94. The summed E-state index contributed by atoms with van der Waals surface area (Å²) in [4.78, 5) is 37.5.